The maximum absolute atomic E-state index is 12.7. The van der Waals surface area contributed by atoms with E-state index in [-0.39, 0.29) is 12.0 Å². The summed E-state index contributed by atoms with van der Waals surface area (Å²) in [5.74, 6) is 0.281. The number of morpholine rings is 1. The van der Waals surface area contributed by atoms with Gasteiger partial charge in [-0.2, -0.15) is 0 Å². The molecule has 4 heteroatoms. The van der Waals surface area contributed by atoms with Crippen LogP contribution in [-0.4, -0.2) is 60.1 Å². The Labute approximate surface area is 138 Å². The zero-order valence-corrected chi connectivity index (χ0v) is 13.9. The van der Waals surface area contributed by atoms with Gasteiger partial charge in [-0.3, -0.25) is 9.69 Å². The van der Waals surface area contributed by atoms with E-state index in [9.17, 15) is 4.79 Å². The van der Waals surface area contributed by atoms with Crippen LogP contribution in [-0.2, 0) is 22.4 Å². The van der Waals surface area contributed by atoms with Crippen molar-refractivity contribution in [3.05, 3.63) is 35.4 Å². The average Bonchev–Trinajstić information content (AvgIpc) is 3.30. The molecule has 1 aromatic rings. The minimum absolute atomic E-state index is 0.165. The van der Waals surface area contributed by atoms with Crippen molar-refractivity contribution in [3.63, 3.8) is 0 Å². The van der Waals surface area contributed by atoms with Gasteiger partial charge in [0.2, 0.25) is 5.91 Å². The maximum atomic E-state index is 12.7. The van der Waals surface area contributed by atoms with Crippen LogP contribution >= 0.6 is 0 Å². The van der Waals surface area contributed by atoms with Crippen LogP contribution in [0.4, 0.5) is 0 Å². The van der Waals surface area contributed by atoms with Crippen molar-refractivity contribution in [3.8, 4) is 0 Å². The second-order valence-corrected chi connectivity index (χ2v) is 7.26. The number of benzene rings is 1. The van der Waals surface area contributed by atoms with Gasteiger partial charge >= 0.3 is 0 Å². The Morgan fingerprint density at radius 2 is 1.91 bits per heavy atom. The summed E-state index contributed by atoms with van der Waals surface area (Å²) in [5, 5.41) is 0. The quantitative estimate of drug-likeness (QED) is 0.850. The number of hydrogen-bond donors (Lipinski definition) is 0. The van der Waals surface area contributed by atoms with Gasteiger partial charge in [0, 0.05) is 25.2 Å². The van der Waals surface area contributed by atoms with Gasteiger partial charge in [-0.1, -0.05) is 24.3 Å². The zero-order valence-electron chi connectivity index (χ0n) is 13.9. The second-order valence-electron chi connectivity index (χ2n) is 7.26. The highest BCUT2D eigenvalue weighted by molar-refractivity contribution is 5.78. The van der Waals surface area contributed by atoms with E-state index in [2.05, 4.69) is 29.2 Å². The highest BCUT2D eigenvalue weighted by Crippen LogP contribution is 2.34. The van der Waals surface area contributed by atoms with E-state index < -0.39 is 0 Å². The monoisotopic (exact) mass is 314 g/mol. The predicted molar refractivity (Wildman–Crippen MR) is 89.4 cm³/mol. The number of nitrogens with zero attached hydrogens (tertiary/aromatic N) is 2. The fourth-order valence-corrected chi connectivity index (χ4v) is 4.03. The van der Waals surface area contributed by atoms with Gasteiger partial charge in [-0.15, -0.1) is 0 Å². The molecule has 0 aromatic heterocycles. The standard InChI is InChI=1S/C19H26N2O2/c1-14-12-20(8-9-23-14)19(22)13-21(17-6-7-17)18-10-15-4-2-3-5-16(15)11-18/h2-5,14,17-18H,6-13H2,1H3. The summed E-state index contributed by atoms with van der Waals surface area (Å²) in [5.41, 5.74) is 2.94. The van der Waals surface area contributed by atoms with E-state index in [0.717, 1.165) is 25.9 Å². The van der Waals surface area contributed by atoms with Crippen molar-refractivity contribution in [1.82, 2.24) is 9.80 Å². The summed E-state index contributed by atoms with van der Waals surface area (Å²) < 4.78 is 5.56. The molecule has 1 atom stereocenters. The van der Waals surface area contributed by atoms with Crippen LogP contribution in [0.15, 0.2) is 24.3 Å². The third-order valence-electron chi connectivity index (χ3n) is 5.43. The lowest BCUT2D eigenvalue weighted by Gasteiger charge is -2.35. The van der Waals surface area contributed by atoms with E-state index in [1.54, 1.807) is 0 Å². The van der Waals surface area contributed by atoms with Crippen LogP contribution in [0.2, 0.25) is 0 Å². The smallest absolute Gasteiger partial charge is 0.236 e. The highest BCUT2D eigenvalue weighted by atomic mass is 16.5. The molecule has 1 unspecified atom stereocenters. The topological polar surface area (TPSA) is 32.8 Å². The second kappa shape index (κ2) is 6.25. The molecule has 23 heavy (non-hydrogen) atoms. The lowest BCUT2D eigenvalue weighted by Crippen LogP contribution is -2.50. The average molecular weight is 314 g/mol. The Bertz CT molecular complexity index is 559. The molecule has 2 fully saturated rings. The first kappa shape index (κ1) is 15.2. The summed E-state index contributed by atoms with van der Waals surface area (Å²) in [6.07, 6.45) is 4.86. The van der Waals surface area contributed by atoms with Crippen molar-refractivity contribution in [2.24, 2.45) is 0 Å². The van der Waals surface area contributed by atoms with E-state index in [0.29, 0.717) is 25.2 Å². The van der Waals surface area contributed by atoms with Gasteiger partial charge in [0.05, 0.1) is 19.3 Å². The molecule has 1 amide bonds. The first-order valence-corrected chi connectivity index (χ1v) is 8.92. The first-order valence-electron chi connectivity index (χ1n) is 8.92. The number of carbonyl (C=O) groups excluding carboxylic acids is 1. The number of rotatable bonds is 4. The van der Waals surface area contributed by atoms with E-state index in [1.807, 2.05) is 11.8 Å². The van der Waals surface area contributed by atoms with E-state index >= 15 is 0 Å². The Balaban J connectivity index is 1.42. The van der Waals surface area contributed by atoms with Crippen LogP contribution in [0.3, 0.4) is 0 Å². The van der Waals surface area contributed by atoms with Gasteiger partial charge in [0.1, 0.15) is 0 Å². The van der Waals surface area contributed by atoms with Crippen LogP contribution in [0.1, 0.15) is 30.9 Å². The molecule has 1 saturated carbocycles. The van der Waals surface area contributed by atoms with Gasteiger partial charge < -0.3 is 9.64 Å². The fraction of sp³-hybridized carbons (Fsp3) is 0.632. The number of hydrogen-bond acceptors (Lipinski definition) is 3. The van der Waals surface area contributed by atoms with Crippen LogP contribution in [0.25, 0.3) is 0 Å². The molecule has 1 aliphatic heterocycles. The summed E-state index contributed by atoms with van der Waals surface area (Å²) in [4.78, 5) is 17.2. The third-order valence-corrected chi connectivity index (χ3v) is 5.43. The number of amides is 1. The molecular formula is C19H26N2O2. The van der Waals surface area contributed by atoms with E-state index in [4.69, 9.17) is 4.74 Å². The Hall–Kier alpha value is -1.39. The molecule has 0 bridgehead atoms. The lowest BCUT2D eigenvalue weighted by molar-refractivity contribution is -0.140. The van der Waals surface area contributed by atoms with Gasteiger partial charge in [0.25, 0.3) is 0 Å². The van der Waals surface area contributed by atoms with Crippen molar-refractivity contribution in [2.45, 2.75) is 50.8 Å². The molecule has 124 valence electrons. The SMILES string of the molecule is CC1CN(C(=O)CN(C2CC2)C2Cc3ccccc3C2)CCO1. The van der Waals surface area contributed by atoms with Gasteiger partial charge in [-0.25, -0.2) is 0 Å². The van der Waals surface area contributed by atoms with E-state index in [1.165, 1.54) is 24.0 Å². The predicted octanol–water partition coefficient (Wildman–Crippen LogP) is 1.87. The molecule has 0 N–H and O–H groups in total. The number of ether oxygens (including phenoxy) is 1. The summed E-state index contributed by atoms with van der Waals surface area (Å²) in [7, 11) is 0. The largest absolute Gasteiger partial charge is 0.375 e. The summed E-state index contributed by atoms with van der Waals surface area (Å²) >= 11 is 0. The molecule has 1 saturated heterocycles. The Morgan fingerprint density at radius 1 is 1.22 bits per heavy atom. The van der Waals surface area contributed by atoms with Crippen LogP contribution in [0, 0.1) is 0 Å². The normalized spacial score (nSPS) is 25.0. The Morgan fingerprint density at radius 3 is 2.52 bits per heavy atom. The number of carbonyl (C=O) groups is 1. The third kappa shape index (κ3) is 3.29. The number of fused-ring (bicyclic) bond motifs is 1. The highest BCUT2D eigenvalue weighted by Gasteiger charge is 2.38. The van der Waals surface area contributed by atoms with Crippen LogP contribution < -0.4 is 0 Å². The minimum Gasteiger partial charge on any atom is -0.375 e. The summed E-state index contributed by atoms with van der Waals surface area (Å²) in [6.45, 7) is 4.78. The molecule has 2 aliphatic carbocycles. The molecule has 4 rings (SSSR count). The maximum Gasteiger partial charge on any atom is 0.236 e. The molecule has 1 aromatic carbocycles. The van der Waals surface area contributed by atoms with Crippen molar-refractivity contribution in [2.75, 3.05) is 26.2 Å². The molecular weight excluding hydrogens is 288 g/mol. The van der Waals surface area contributed by atoms with Crippen LogP contribution in [0.5, 0.6) is 0 Å². The van der Waals surface area contributed by atoms with Crippen molar-refractivity contribution >= 4 is 5.91 Å². The molecule has 4 nitrogen and oxygen atoms in total. The zero-order chi connectivity index (χ0) is 15.8. The molecule has 1 heterocycles. The fourth-order valence-electron chi connectivity index (χ4n) is 4.03. The molecule has 0 spiro atoms. The molecule has 3 aliphatic rings. The minimum atomic E-state index is 0.165. The van der Waals surface area contributed by atoms with Crippen molar-refractivity contribution in [1.29, 1.82) is 0 Å². The first-order chi connectivity index (χ1) is 11.2. The summed E-state index contributed by atoms with van der Waals surface area (Å²) in [6, 6.07) is 9.86. The van der Waals surface area contributed by atoms with Crippen molar-refractivity contribution < 1.29 is 9.53 Å². The van der Waals surface area contributed by atoms with Gasteiger partial charge in [0.15, 0.2) is 0 Å². The Kier molecular flexibility index (Phi) is 4.12. The van der Waals surface area contributed by atoms with Gasteiger partial charge in [-0.05, 0) is 43.7 Å². The molecule has 0 radical (unpaired) electrons. The lowest BCUT2D eigenvalue weighted by atomic mass is 10.1.